The number of benzene rings is 1. The van der Waals surface area contributed by atoms with Crippen LogP contribution in [0.15, 0.2) is 33.5 Å². The lowest BCUT2D eigenvalue weighted by Crippen LogP contribution is -2.32. The molecule has 0 unspecified atom stereocenters. The zero-order chi connectivity index (χ0) is 11.0. The second kappa shape index (κ2) is 3.79. The van der Waals surface area contributed by atoms with Crippen LogP contribution in [-0.2, 0) is 0 Å². The molecule has 1 aliphatic rings. The standard InChI is InChI=1S/C12H14N2O2/c15-12-14(9-5-7-13-8-6-9)10-3-1-2-4-11(10)16-12/h1-4,9,13H,5-8H2. The third-order valence-corrected chi connectivity index (χ3v) is 3.19. The number of aromatic nitrogens is 1. The molecule has 2 aromatic rings. The van der Waals surface area contributed by atoms with Crippen LogP contribution < -0.4 is 11.1 Å². The Morgan fingerprint density at radius 2 is 2.00 bits per heavy atom. The molecule has 3 rings (SSSR count). The zero-order valence-electron chi connectivity index (χ0n) is 8.98. The van der Waals surface area contributed by atoms with Crippen molar-refractivity contribution < 1.29 is 4.42 Å². The lowest BCUT2D eigenvalue weighted by atomic mass is 10.1. The van der Waals surface area contributed by atoms with Gasteiger partial charge in [-0.2, -0.15) is 0 Å². The van der Waals surface area contributed by atoms with Crippen molar-refractivity contribution in [3.63, 3.8) is 0 Å². The highest BCUT2D eigenvalue weighted by atomic mass is 16.4. The van der Waals surface area contributed by atoms with Gasteiger partial charge in [0.1, 0.15) is 0 Å². The first-order valence-electron chi connectivity index (χ1n) is 5.67. The fraction of sp³-hybridized carbons (Fsp3) is 0.417. The Labute approximate surface area is 92.9 Å². The van der Waals surface area contributed by atoms with Crippen LogP contribution in [0.1, 0.15) is 18.9 Å². The summed E-state index contributed by atoms with van der Waals surface area (Å²) in [4.78, 5) is 11.8. The molecular formula is C12H14N2O2. The maximum Gasteiger partial charge on any atom is 0.420 e. The lowest BCUT2D eigenvalue weighted by molar-refractivity contribution is 0.349. The largest absolute Gasteiger partial charge is 0.420 e. The van der Waals surface area contributed by atoms with Gasteiger partial charge in [-0.05, 0) is 38.1 Å². The highest BCUT2D eigenvalue weighted by Gasteiger charge is 2.20. The first-order valence-corrected chi connectivity index (χ1v) is 5.67. The monoisotopic (exact) mass is 218 g/mol. The van der Waals surface area contributed by atoms with Crippen molar-refractivity contribution in [1.82, 2.24) is 9.88 Å². The second-order valence-electron chi connectivity index (χ2n) is 4.19. The molecule has 1 saturated heterocycles. The van der Waals surface area contributed by atoms with E-state index in [0.717, 1.165) is 31.4 Å². The maximum absolute atomic E-state index is 11.8. The van der Waals surface area contributed by atoms with Crippen molar-refractivity contribution in [2.45, 2.75) is 18.9 Å². The van der Waals surface area contributed by atoms with E-state index in [1.807, 2.05) is 24.3 Å². The molecule has 0 bridgehead atoms. The van der Waals surface area contributed by atoms with Gasteiger partial charge in [0.2, 0.25) is 0 Å². The van der Waals surface area contributed by atoms with Gasteiger partial charge in [-0.1, -0.05) is 12.1 Å². The predicted molar refractivity (Wildman–Crippen MR) is 61.6 cm³/mol. The van der Waals surface area contributed by atoms with Gasteiger partial charge in [0.15, 0.2) is 5.58 Å². The highest BCUT2D eigenvalue weighted by molar-refractivity contribution is 5.72. The summed E-state index contributed by atoms with van der Waals surface area (Å²) in [7, 11) is 0. The normalized spacial score (nSPS) is 18.0. The summed E-state index contributed by atoms with van der Waals surface area (Å²) < 4.78 is 7.04. The van der Waals surface area contributed by atoms with Crippen LogP contribution >= 0.6 is 0 Å². The van der Waals surface area contributed by atoms with E-state index >= 15 is 0 Å². The molecule has 1 fully saturated rings. The number of oxazole rings is 1. The molecule has 1 aliphatic heterocycles. The summed E-state index contributed by atoms with van der Waals surface area (Å²) in [5, 5.41) is 3.30. The van der Waals surface area contributed by atoms with Crippen molar-refractivity contribution >= 4 is 11.1 Å². The van der Waals surface area contributed by atoms with Crippen LogP contribution in [0.4, 0.5) is 0 Å². The summed E-state index contributed by atoms with van der Waals surface area (Å²) in [6.07, 6.45) is 1.98. The smallest absolute Gasteiger partial charge is 0.408 e. The summed E-state index contributed by atoms with van der Waals surface area (Å²) in [5.41, 5.74) is 1.60. The fourth-order valence-corrected chi connectivity index (χ4v) is 2.39. The molecule has 2 heterocycles. The Morgan fingerprint density at radius 3 is 2.81 bits per heavy atom. The molecule has 4 nitrogen and oxygen atoms in total. The van der Waals surface area contributed by atoms with Gasteiger partial charge in [0, 0.05) is 6.04 Å². The van der Waals surface area contributed by atoms with Crippen LogP contribution in [0.5, 0.6) is 0 Å². The Kier molecular flexibility index (Phi) is 2.29. The first-order chi connectivity index (χ1) is 7.86. The minimum absolute atomic E-state index is 0.229. The zero-order valence-corrected chi connectivity index (χ0v) is 8.98. The van der Waals surface area contributed by atoms with Crippen LogP contribution in [-0.4, -0.2) is 17.7 Å². The molecule has 1 aromatic heterocycles. The minimum atomic E-state index is -0.229. The van der Waals surface area contributed by atoms with Crippen LogP contribution in [0, 0.1) is 0 Å². The molecule has 16 heavy (non-hydrogen) atoms. The van der Waals surface area contributed by atoms with Gasteiger partial charge in [0.25, 0.3) is 0 Å². The van der Waals surface area contributed by atoms with Gasteiger partial charge in [-0.15, -0.1) is 0 Å². The molecule has 1 N–H and O–H groups in total. The molecule has 0 amide bonds. The summed E-state index contributed by atoms with van der Waals surface area (Å²) in [6, 6.07) is 7.89. The topological polar surface area (TPSA) is 47.2 Å². The summed E-state index contributed by atoms with van der Waals surface area (Å²) in [5.74, 6) is -0.229. The third kappa shape index (κ3) is 1.46. The van der Waals surface area contributed by atoms with E-state index in [1.165, 1.54) is 0 Å². The van der Waals surface area contributed by atoms with Crippen molar-refractivity contribution in [2.75, 3.05) is 13.1 Å². The number of nitrogens with zero attached hydrogens (tertiary/aromatic N) is 1. The number of piperidine rings is 1. The van der Waals surface area contributed by atoms with E-state index in [2.05, 4.69) is 5.32 Å². The predicted octanol–water partition coefficient (Wildman–Crippen LogP) is 1.52. The molecular weight excluding hydrogens is 204 g/mol. The van der Waals surface area contributed by atoms with E-state index < -0.39 is 0 Å². The Morgan fingerprint density at radius 1 is 1.25 bits per heavy atom. The second-order valence-corrected chi connectivity index (χ2v) is 4.19. The quantitative estimate of drug-likeness (QED) is 0.789. The van der Waals surface area contributed by atoms with E-state index in [9.17, 15) is 4.79 Å². The van der Waals surface area contributed by atoms with Gasteiger partial charge in [0.05, 0.1) is 5.52 Å². The number of hydrogen-bond acceptors (Lipinski definition) is 3. The summed E-state index contributed by atoms with van der Waals surface area (Å²) in [6.45, 7) is 1.94. The van der Waals surface area contributed by atoms with E-state index in [0.29, 0.717) is 5.58 Å². The van der Waals surface area contributed by atoms with Gasteiger partial charge in [-0.3, -0.25) is 4.57 Å². The molecule has 0 spiro atoms. The highest BCUT2D eigenvalue weighted by Crippen LogP contribution is 2.22. The van der Waals surface area contributed by atoms with Crippen molar-refractivity contribution in [2.24, 2.45) is 0 Å². The average Bonchev–Trinajstić information content (AvgIpc) is 2.66. The third-order valence-electron chi connectivity index (χ3n) is 3.19. The Balaban J connectivity index is 2.14. The Bertz CT molecular complexity index is 549. The first kappa shape index (κ1) is 9.66. The molecule has 0 aliphatic carbocycles. The fourth-order valence-electron chi connectivity index (χ4n) is 2.39. The van der Waals surface area contributed by atoms with Crippen molar-refractivity contribution in [3.8, 4) is 0 Å². The van der Waals surface area contributed by atoms with Crippen molar-refractivity contribution in [1.29, 1.82) is 0 Å². The van der Waals surface area contributed by atoms with Gasteiger partial charge in [-0.25, -0.2) is 4.79 Å². The molecule has 0 atom stereocenters. The minimum Gasteiger partial charge on any atom is -0.408 e. The SMILES string of the molecule is O=c1oc2ccccc2n1C1CCNCC1. The van der Waals surface area contributed by atoms with Crippen LogP contribution in [0.2, 0.25) is 0 Å². The number of nitrogens with one attached hydrogen (secondary N) is 1. The lowest BCUT2D eigenvalue weighted by Gasteiger charge is -2.23. The molecule has 84 valence electrons. The number of hydrogen-bond donors (Lipinski definition) is 1. The molecule has 4 heteroatoms. The molecule has 0 radical (unpaired) electrons. The van der Waals surface area contributed by atoms with Crippen molar-refractivity contribution in [3.05, 3.63) is 34.8 Å². The molecule has 1 aromatic carbocycles. The number of fused-ring (bicyclic) bond motifs is 1. The van der Waals surface area contributed by atoms with Gasteiger partial charge < -0.3 is 9.73 Å². The van der Waals surface area contributed by atoms with E-state index in [4.69, 9.17) is 4.42 Å². The molecule has 0 saturated carbocycles. The summed E-state index contributed by atoms with van der Waals surface area (Å²) >= 11 is 0. The maximum atomic E-state index is 11.8. The van der Waals surface area contributed by atoms with E-state index in [-0.39, 0.29) is 11.8 Å². The van der Waals surface area contributed by atoms with E-state index in [1.54, 1.807) is 4.57 Å². The number of para-hydroxylation sites is 2. The Hall–Kier alpha value is -1.55. The van der Waals surface area contributed by atoms with Gasteiger partial charge >= 0.3 is 5.76 Å². The van der Waals surface area contributed by atoms with Crippen LogP contribution in [0.25, 0.3) is 11.1 Å². The van der Waals surface area contributed by atoms with Crippen LogP contribution in [0.3, 0.4) is 0 Å². The average molecular weight is 218 g/mol. The number of rotatable bonds is 1.